The van der Waals surface area contributed by atoms with Gasteiger partial charge in [-0.2, -0.15) is 0 Å². The van der Waals surface area contributed by atoms with Crippen molar-refractivity contribution in [2.45, 2.75) is 27.0 Å². The van der Waals surface area contributed by atoms with Crippen LogP contribution in [0.5, 0.6) is 0 Å². The summed E-state index contributed by atoms with van der Waals surface area (Å²) in [6.45, 7) is 7.68. The molecule has 88 valence electrons. The molecular formula is C13H19NO2. The number of anilines is 1. The molecule has 16 heavy (non-hydrogen) atoms. The van der Waals surface area contributed by atoms with Crippen LogP contribution in [0.4, 0.5) is 5.69 Å². The maximum Gasteiger partial charge on any atom is 0.150 e. The lowest BCUT2D eigenvalue weighted by molar-refractivity contribution is 0.0742. The number of benzene rings is 1. The largest absolute Gasteiger partial charge is 0.359 e. The van der Waals surface area contributed by atoms with Gasteiger partial charge in [-0.25, -0.2) is 0 Å². The quantitative estimate of drug-likeness (QED) is 0.546. The average molecular weight is 221 g/mol. The fourth-order valence-electron chi connectivity index (χ4n) is 1.73. The van der Waals surface area contributed by atoms with E-state index in [9.17, 15) is 4.79 Å². The van der Waals surface area contributed by atoms with Gasteiger partial charge in [0.2, 0.25) is 0 Å². The molecule has 0 fully saturated rings. The second-order valence-electron chi connectivity index (χ2n) is 3.55. The van der Waals surface area contributed by atoms with Gasteiger partial charge in [0.25, 0.3) is 0 Å². The highest BCUT2D eigenvalue weighted by atomic mass is 16.5. The number of aldehydes is 1. The number of rotatable bonds is 6. The van der Waals surface area contributed by atoms with Gasteiger partial charge in [0.15, 0.2) is 0 Å². The van der Waals surface area contributed by atoms with E-state index >= 15 is 0 Å². The SMILES string of the molecule is CCOC(C)N(CC)c1ccc(C=O)cc1. The molecule has 0 saturated carbocycles. The van der Waals surface area contributed by atoms with Crippen molar-refractivity contribution in [2.24, 2.45) is 0 Å². The molecule has 0 aromatic heterocycles. The average Bonchev–Trinajstić information content (AvgIpc) is 2.31. The van der Waals surface area contributed by atoms with Crippen LogP contribution in [0.1, 0.15) is 31.1 Å². The van der Waals surface area contributed by atoms with Gasteiger partial charge in [0.1, 0.15) is 12.5 Å². The smallest absolute Gasteiger partial charge is 0.150 e. The van der Waals surface area contributed by atoms with Crippen molar-refractivity contribution in [3.05, 3.63) is 29.8 Å². The molecule has 0 saturated heterocycles. The van der Waals surface area contributed by atoms with E-state index in [4.69, 9.17) is 4.74 Å². The Morgan fingerprint density at radius 2 is 1.94 bits per heavy atom. The third-order valence-electron chi connectivity index (χ3n) is 2.55. The summed E-state index contributed by atoms with van der Waals surface area (Å²) in [5.74, 6) is 0. The first kappa shape index (κ1) is 12.7. The zero-order valence-electron chi connectivity index (χ0n) is 10.1. The van der Waals surface area contributed by atoms with Gasteiger partial charge in [0.05, 0.1) is 0 Å². The van der Waals surface area contributed by atoms with Crippen molar-refractivity contribution in [1.82, 2.24) is 0 Å². The van der Waals surface area contributed by atoms with E-state index < -0.39 is 0 Å². The minimum Gasteiger partial charge on any atom is -0.359 e. The molecule has 1 rings (SSSR count). The molecular weight excluding hydrogens is 202 g/mol. The van der Waals surface area contributed by atoms with Crippen molar-refractivity contribution < 1.29 is 9.53 Å². The zero-order valence-corrected chi connectivity index (χ0v) is 10.1. The number of hydrogen-bond donors (Lipinski definition) is 0. The van der Waals surface area contributed by atoms with E-state index in [1.807, 2.05) is 38.1 Å². The summed E-state index contributed by atoms with van der Waals surface area (Å²) < 4.78 is 5.56. The summed E-state index contributed by atoms with van der Waals surface area (Å²) in [6.07, 6.45) is 0.906. The fourth-order valence-corrected chi connectivity index (χ4v) is 1.73. The van der Waals surface area contributed by atoms with Crippen molar-refractivity contribution in [3.63, 3.8) is 0 Å². The van der Waals surface area contributed by atoms with Crippen LogP contribution < -0.4 is 4.90 Å². The maximum atomic E-state index is 10.6. The predicted molar refractivity (Wildman–Crippen MR) is 65.9 cm³/mol. The Balaban J connectivity index is 2.81. The lowest BCUT2D eigenvalue weighted by atomic mass is 10.2. The standard InChI is InChI=1S/C13H19NO2/c1-4-14(11(3)16-5-2)13-8-6-12(10-15)7-9-13/h6-11H,4-5H2,1-3H3. The van der Waals surface area contributed by atoms with Gasteiger partial charge < -0.3 is 9.64 Å². The molecule has 0 heterocycles. The van der Waals surface area contributed by atoms with E-state index in [1.165, 1.54) is 0 Å². The Kier molecular flexibility index (Phi) is 4.99. The zero-order chi connectivity index (χ0) is 12.0. The third-order valence-corrected chi connectivity index (χ3v) is 2.55. The van der Waals surface area contributed by atoms with Crippen molar-refractivity contribution in [3.8, 4) is 0 Å². The number of nitrogens with zero attached hydrogens (tertiary/aromatic N) is 1. The van der Waals surface area contributed by atoms with Crippen LogP contribution >= 0.6 is 0 Å². The van der Waals surface area contributed by atoms with Gasteiger partial charge in [-0.1, -0.05) is 0 Å². The summed E-state index contributed by atoms with van der Waals surface area (Å²) in [5, 5.41) is 0. The van der Waals surface area contributed by atoms with E-state index in [1.54, 1.807) is 0 Å². The topological polar surface area (TPSA) is 29.5 Å². The molecule has 0 radical (unpaired) electrons. The van der Waals surface area contributed by atoms with E-state index in [-0.39, 0.29) is 6.23 Å². The Bertz CT molecular complexity index is 321. The first-order valence-corrected chi connectivity index (χ1v) is 5.66. The molecule has 1 atom stereocenters. The van der Waals surface area contributed by atoms with Crippen molar-refractivity contribution >= 4 is 12.0 Å². The molecule has 1 unspecified atom stereocenters. The summed E-state index contributed by atoms with van der Waals surface area (Å²) in [5.41, 5.74) is 1.78. The molecule has 3 nitrogen and oxygen atoms in total. The fraction of sp³-hybridized carbons (Fsp3) is 0.462. The summed E-state index contributed by atoms with van der Waals surface area (Å²) in [6, 6.07) is 7.54. The second kappa shape index (κ2) is 6.28. The van der Waals surface area contributed by atoms with Crippen LogP contribution in [-0.2, 0) is 4.74 Å². The van der Waals surface area contributed by atoms with Crippen LogP contribution in [0.2, 0.25) is 0 Å². The lowest BCUT2D eigenvalue weighted by Gasteiger charge is -2.29. The summed E-state index contributed by atoms with van der Waals surface area (Å²) >= 11 is 0. The Labute approximate surface area is 97.0 Å². The Hall–Kier alpha value is -1.35. The summed E-state index contributed by atoms with van der Waals surface area (Å²) in [4.78, 5) is 12.7. The monoisotopic (exact) mass is 221 g/mol. The lowest BCUT2D eigenvalue weighted by Crippen LogP contribution is -2.34. The first-order chi connectivity index (χ1) is 7.72. The first-order valence-electron chi connectivity index (χ1n) is 5.66. The van der Waals surface area contributed by atoms with E-state index in [0.717, 1.165) is 18.5 Å². The summed E-state index contributed by atoms with van der Waals surface area (Å²) in [7, 11) is 0. The second-order valence-corrected chi connectivity index (χ2v) is 3.55. The molecule has 0 aliphatic rings. The van der Waals surface area contributed by atoms with E-state index in [0.29, 0.717) is 12.2 Å². The van der Waals surface area contributed by atoms with Crippen molar-refractivity contribution in [1.29, 1.82) is 0 Å². The highest BCUT2D eigenvalue weighted by Crippen LogP contribution is 2.17. The molecule has 0 bridgehead atoms. The molecule has 0 aliphatic carbocycles. The molecule has 0 N–H and O–H groups in total. The van der Waals surface area contributed by atoms with Gasteiger partial charge in [-0.3, -0.25) is 4.79 Å². The van der Waals surface area contributed by atoms with Gasteiger partial charge >= 0.3 is 0 Å². The number of hydrogen-bond acceptors (Lipinski definition) is 3. The van der Waals surface area contributed by atoms with Gasteiger partial charge in [-0.05, 0) is 45.0 Å². The van der Waals surface area contributed by atoms with Crippen LogP contribution in [-0.4, -0.2) is 25.7 Å². The highest BCUT2D eigenvalue weighted by molar-refractivity contribution is 5.75. The van der Waals surface area contributed by atoms with Crippen LogP contribution in [0, 0.1) is 0 Å². The van der Waals surface area contributed by atoms with Crippen LogP contribution in [0.15, 0.2) is 24.3 Å². The molecule has 0 aliphatic heterocycles. The maximum absolute atomic E-state index is 10.6. The highest BCUT2D eigenvalue weighted by Gasteiger charge is 2.11. The van der Waals surface area contributed by atoms with Crippen LogP contribution in [0.3, 0.4) is 0 Å². The number of carbonyl (C=O) groups excluding carboxylic acids is 1. The van der Waals surface area contributed by atoms with E-state index in [2.05, 4.69) is 11.8 Å². The van der Waals surface area contributed by atoms with Gasteiger partial charge in [0, 0.05) is 24.4 Å². The van der Waals surface area contributed by atoms with Crippen molar-refractivity contribution in [2.75, 3.05) is 18.1 Å². The van der Waals surface area contributed by atoms with Crippen LogP contribution in [0.25, 0.3) is 0 Å². The minimum absolute atomic E-state index is 0.0529. The Morgan fingerprint density at radius 1 is 1.31 bits per heavy atom. The molecule has 1 aromatic carbocycles. The molecule has 1 aromatic rings. The third kappa shape index (κ3) is 3.07. The Morgan fingerprint density at radius 3 is 2.38 bits per heavy atom. The van der Waals surface area contributed by atoms with Gasteiger partial charge in [-0.15, -0.1) is 0 Å². The normalized spacial score (nSPS) is 12.2. The predicted octanol–water partition coefficient (Wildman–Crippen LogP) is 2.71. The number of carbonyl (C=O) groups is 1. The minimum atomic E-state index is 0.0529. The number of ether oxygens (including phenoxy) is 1. The molecule has 3 heteroatoms. The molecule has 0 spiro atoms. The molecule has 0 amide bonds.